The fourth-order valence-corrected chi connectivity index (χ4v) is 4.17. The van der Waals surface area contributed by atoms with Crippen LogP contribution in [0.4, 0.5) is 16.2 Å². The highest BCUT2D eigenvalue weighted by Gasteiger charge is 2.26. The van der Waals surface area contributed by atoms with Gasteiger partial charge in [0.1, 0.15) is 6.54 Å². The summed E-state index contributed by atoms with van der Waals surface area (Å²) in [5.41, 5.74) is 3.21. The summed E-state index contributed by atoms with van der Waals surface area (Å²) < 4.78 is 4.76. The van der Waals surface area contributed by atoms with Crippen LogP contribution in [0.2, 0.25) is 0 Å². The molecule has 0 atom stereocenters. The molecule has 2 heterocycles. The molecule has 1 saturated heterocycles. The van der Waals surface area contributed by atoms with Gasteiger partial charge in [-0.25, -0.2) is 4.79 Å². The Bertz CT molecular complexity index is 1020. The van der Waals surface area contributed by atoms with E-state index in [1.165, 1.54) is 6.39 Å². The highest BCUT2D eigenvalue weighted by atomic mass is 32.2. The monoisotopic (exact) mass is 437 g/mol. The first-order valence-electron chi connectivity index (χ1n) is 9.98. The van der Waals surface area contributed by atoms with Crippen molar-refractivity contribution in [3.8, 4) is 11.4 Å². The Kier molecular flexibility index (Phi) is 6.51. The maximum atomic E-state index is 13.2. The van der Waals surface area contributed by atoms with E-state index in [1.807, 2.05) is 47.9 Å². The number of benzene rings is 2. The van der Waals surface area contributed by atoms with Gasteiger partial charge in [-0.1, -0.05) is 22.9 Å². The molecule has 9 heteroatoms. The minimum Gasteiger partial charge on any atom is -0.342 e. The lowest BCUT2D eigenvalue weighted by Gasteiger charge is -2.32. The van der Waals surface area contributed by atoms with Gasteiger partial charge in [0.2, 0.25) is 18.1 Å². The molecule has 1 aliphatic rings. The first-order chi connectivity index (χ1) is 15.1. The molecule has 1 aromatic heterocycles. The van der Waals surface area contributed by atoms with Gasteiger partial charge < -0.3 is 14.7 Å². The Hall–Kier alpha value is -3.33. The maximum absolute atomic E-state index is 13.2. The average molecular weight is 438 g/mol. The molecule has 4 rings (SSSR count). The number of urea groups is 1. The van der Waals surface area contributed by atoms with Gasteiger partial charge in [0.05, 0.1) is 0 Å². The molecule has 0 radical (unpaired) electrons. The Morgan fingerprint density at radius 2 is 1.81 bits per heavy atom. The van der Waals surface area contributed by atoms with Gasteiger partial charge in [0.25, 0.3) is 0 Å². The fourth-order valence-electron chi connectivity index (χ4n) is 3.26. The van der Waals surface area contributed by atoms with Crippen molar-refractivity contribution in [2.45, 2.75) is 6.92 Å². The molecule has 3 amide bonds. The number of thioether (sulfide) groups is 1. The van der Waals surface area contributed by atoms with Crippen LogP contribution < -0.4 is 10.2 Å². The zero-order valence-electron chi connectivity index (χ0n) is 17.2. The van der Waals surface area contributed by atoms with E-state index in [9.17, 15) is 9.59 Å². The van der Waals surface area contributed by atoms with Crippen molar-refractivity contribution in [3.05, 3.63) is 60.5 Å². The number of carbonyl (C=O) groups is 2. The van der Waals surface area contributed by atoms with E-state index in [4.69, 9.17) is 4.52 Å². The highest BCUT2D eigenvalue weighted by molar-refractivity contribution is 7.99. The predicted octanol–water partition coefficient (Wildman–Crippen LogP) is 3.66. The van der Waals surface area contributed by atoms with Crippen molar-refractivity contribution in [3.63, 3.8) is 0 Å². The summed E-state index contributed by atoms with van der Waals surface area (Å²) in [6.45, 7) is 3.29. The quantitative estimate of drug-likeness (QED) is 0.655. The van der Waals surface area contributed by atoms with E-state index in [-0.39, 0.29) is 18.5 Å². The lowest BCUT2D eigenvalue weighted by Crippen LogP contribution is -2.49. The average Bonchev–Trinajstić information content (AvgIpc) is 3.34. The first-order valence-corrected chi connectivity index (χ1v) is 11.1. The molecule has 1 aliphatic heterocycles. The van der Waals surface area contributed by atoms with Gasteiger partial charge in [-0.3, -0.25) is 9.69 Å². The summed E-state index contributed by atoms with van der Waals surface area (Å²) >= 11 is 1.83. The molecule has 1 fully saturated rings. The summed E-state index contributed by atoms with van der Waals surface area (Å²) in [5, 5.41) is 6.66. The van der Waals surface area contributed by atoms with E-state index < -0.39 is 0 Å². The largest absolute Gasteiger partial charge is 0.342 e. The van der Waals surface area contributed by atoms with Crippen LogP contribution in [0.25, 0.3) is 11.4 Å². The van der Waals surface area contributed by atoms with Crippen LogP contribution in [-0.2, 0) is 4.79 Å². The van der Waals surface area contributed by atoms with E-state index in [0.29, 0.717) is 30.3 Å². The molecule has 0 spiro atoms. The lowest BCUT2D eigenvalue weighted by atomic mass is 10.2. The first kappa shape index (κ1) is 20.9. The number of nitrogens with zero attached hydrogens (tertiary/aromatic N) is 4. The number of aromatic nitrogens is 2. The second kappa shape index (κ2) is 9.65. The number of carbonyl (C=O) groups excluding carboxylic acids is 2. The summed E-state index contributed by atoms with van der Waals surface area (Å²) in [6, 6.07) is 14.6. The molecule has 8 nitrogen and oxygen atoms in total. The summed E-state index contributed by atoms with van der Waals surface area (Å²) in [7, 11) is 0. The van der Waals surface area contributed by atoms with E-state index in [1.54, 1.807) is 29.2 Å². The van der Waals surface area contributed by atoms with Gasteiger partial charge in [0.15, 0.2) is 0 Å². The van der Waals surface area contributed by atoms with Crippen molar-refractivity contribution in [2.24, 2.45) is 0 Å². The molecular formula is C22H23N5O3S. The number of amides is 3. The Morgan fingerprint density at radius 3 is 2.45 bits per heavy atom. The van der Waals surface area contributed by atoms with Crippen LogP contribution in [0.5, 0.6) is 0 Å². The van der Waals surface area contributed by atoms with Crippen molar-refractivity contribution < 1.29 is 14.1 Å². The van der Waals surface area contributed by atoms with Crippen molar-refractivity contribution >= 4 is 35.1 Å². The zero-order chi connectivity index (χ0) is 21.6. The molecule has 0 bridgehead atoms. The van der Waals surface area contributed by atoms with Crippen LogP contribution in [0.15, 0.2) is 59.4 Å². The van der Waals surface area contributed by atoms with Crippen LogP contribution in [0.3, 0.4) is 0 Å². The number of anilines is 2. The second-order valence-electron chi connectivity index (χ2n) is 7.18. The van der Waals surface area contributed by atoms with Crippen molar-refractivity contribution in [1.82, 2.24) is 15.0 Å². The molecule has 2 aromatic carbocycles. The third-order valence-corrected chi connectivity index (χ3v) is 5.89. The van der Waals surface area contributed by atoms with Gasteiger partial charge in [0, 0.05) is 41.5 Å². The van der Waals surface area contributed by atoms with Crippen molar-refractivity contribution in [1.29, 1.82) is 0 Å². The Labute approximate surface area is 184 Å². The van der Waals surface area contributed by atoms with Crippen LogP contribution >= 0.6 is 11.8 Å². The van der Waals surface area contributed by atoms with Crippen LogP contribution in [-0.4, -0.2) is 58.1 Å². The maximum Gasteiger partial charge on any atom is 0.325 e. The number of rotatable bonds is 5. The third-order valence-electron chi connectivity index (χ3n) is 4.95. The molecule has 160 valence electrons. The minimum absolute atomic E-state index is 0.0713. The summed E-state index contributed by atoms with van der Waals surface area (Å²) in [4.78, 5) is 33.3. The van der Waals surface area contributed by atoms with Crippen LogP contribution in [0.1, 0.15) is 5.56 Å². The van der Waals surface area contributed by atoms with Gasteiger partial charge in [-0.05, 0) is 43.3 Å². The van der Waals surface area contributed by atoms with Gasteiger partial charge in [-0.15, -0.1) is 0 Å². The SMILES string of the molecule is Cc1ccc(N(CC(=O)Nc2ccc(-c3ncon3)cc2)C(=O)N2CCSCC2)cc1. The normalized spacial score (nSPS) is 13.6. The Morgan fingerprint density at radius 1 is 1.10 bits per heavy atom. The number of hydrogen-bond donors (Lipinski definition) is 1. The summed E-state index contributed by atoms with van der Waals surface area (Å²) in [6.07, 6.45) is 1.27. The Balaban J connectivity index is 1.47. The highest BCUT2D eigenvalue weighted by Crippen LogP contribution is 2.21. The topological polar surface area (TPSA) is 91.6 Å². The van der Waals surface area contributed by atoms with Crippen molar-refractivity contribution in [2.75, 3.05) is 41.4 Å². The molecule has 1 N–H and O–H groups in total. The molecule has 0 unspecified atom stereocenters. The van der Waals surface area contributed by atoms with E-state index in [0.717, 1.165) is 22.6 Å². The molecule has 0 aliphatic carbocycles. The molecule has 31 heavy (non-hydrogen) atoms. The lowest BCUT2D eigenvalue weighted by molar-refractivity contribution is -0.114. The standard InChI is InChI=1S/C22H23N5O3S/c1-16-2-8-19(9-3-16)27(22(29)26-10-12-31-13-11-26)14-20(28)24-18-6-4-17(5-7-18)21-23-15-30-25-21/h2-9,15H,10-14H2,1H3,(H,24,28). The summed E-state index contributed by atoms with van der Waals surface area (Å²) in [5.74, 6) is 2.03. The number of aryl methyl sites for hydroxylation is 1. The molecule has 3 aromatic rings. The fraction of sp³-hybridized carbons (Fsp3) is 0.273. The number of nitrogens with one attached hydrogen (secondary N) is 1. The van der Waals surface area contributed by atoms with Crippen LogP contribution in [0, 0.1) is 6.92 Å². The van der Waals surface area contributed by atoms with E-state index >= 15 is 0 Å². The van der Waals surface area contributed by atoms with E-state index in [2.05, 4.69) is 15.5 Å². The zero-order valence-corrected chi connectivity index (χ0v) is 18.0. The van der Waals surface area contributed by atoms with Gasteiger partial charge >= 0.3 is 6.03 Å². The minimum atomic E-state index is -0.271. The molecule has 0 saturated carbocycles. The smallest absolute Gasteiger partial charge is 0.325 e. The second-order valence-corrected chi connectivity index (χ2v) is 8.41. The third kappa shape index (κ3) is 5.24. The number of hydrogen-bond acceptors (Lipinski definition) is 6. The van der Waals surface area contributed by atoms with Gasteiger partial charge in [-0.2, -0.15) is 16.7 Å². The predicted molar refractivity (Wildman–Crippen MR) is 121 cm³/mol. The molecular weight excluding hydrogens is 414 g/mol.